The molecule has 0 spiro atoms. The van der Waals surface area contributed by atoms with Gasteiger partial charge in [-0.25, -0.2) is 0 Å². The average molecular weight is 313 g/mol. The van der Waals surface area contributed by atoms with Gasteiger partial charge in [-0.2, -0.15) is 4.98 Å². The number of piperazine rings is 1. The normalized spacial score (nSPS) is 15.2. The highest BCUT2D eigenvalue weighted by atomic mass is 16.5. The van der Waals surface area contributed by atoms with Gasteiger partial charge in [-0.15, -0.1) is 14.8 Å². The lowest BCUT2D eigenvalue weighted by molar-refractivity contribution is 0.395. The summed E-state index contributed by atoms with van der Waals surface area (Å²) in [4.78, 5) is 13.0. The SMILES string of the molecule is COc1cncc(N2CCN(c3ccc4nnnn4n3)CC2)n1. The van der Waals surface area contributed by atoms with Crippen molar-refractivity contribution in [3.8, 4) is 5.88 Å². The van der Waals surface area contributed by atoms with Crippen molar-refractivity contribution in [2.75, 3.05) is 43.1 Å². The van der Waals surface area contributed by atoms with E-state index in [-0.39, 0.29) is 0 Å². The van der Waals surface area contributed by atoms with Crippen LogP contribution in [0.5, 0.6) is 5.88 Å². The Morgan fingerprint density at radius 3 is 2.57 bits per heavy atom. The Kier molecular flexibility index (Phi) is 3.33. The molecule has 0 radical (unpaired) electrons. The van der Waals surface area contributed by atoms with Gasteiger partial charge in [0.25, 0.3) is 0 Å². The fraction of sp³-hybridized carbons (Fsp3) is 0.385. The maximum Gasteiger partial charge on any atom is 0.233 e. The van der Waals surface area contributed by atoms with E-state index in [0.29, 0.717) is 11.5 Å². The first-order valence-electron chi connectivity index (χ1n) is 7.25. The molecule has 1 aliphatic rings. The van der Waals surface area contributed by atoms with Crippen LogP contribution in [0.4, 0.5) is 11.6 Å². The van der Waals surface area contributed by atoms with E-state index in [1.54, 1.807) is 19.5 Å². The van der Waals surface area contributed by atoms with Crippen molar-refractivity contribution < 1.29 is 4.74 Å². The van der Waals surface area contributed by atoms with Gasteiger partial charge < -0.3 is 14.5 Å². The summed E-state index contributed by atoms with van der Waals surface area (Å²) in [6.07, 6.45) is 3.36. The number of anilines is 2. The van der Waals surface area contributed by atoms with Crippen molar-refractivity contribution in [1.29, 1.82) is 0 Å². The number of methoxy groups -OCH3 is 1. The number of ether oxygens (including phenoxy) is 1. The highest BCUT2D eigenvalue weighted by Crippen LogP contribution is 2.18. The van der Waals surface area contributed by atoms with Gasteiger partial charge in [0.2, 0.25) is 5.88 Å². The topological polar surface area (TPSA) is 97.5 Å². The van der Waals surface area contributed by atoms with Crippen LogP contribution in [0.2, 0.25) is 0 Å². The monoisotopic (exact) mass is 313 g/mol. The number of tetrazole rings is 1. The molecule has 0 unspecified atom stereocenters. The first-order valence-corrected chi connectivity index (χ1v) is 7.25. The van der Waals surface area contributed by atoms with Crippen LogP contribution < -0.4 is 14.5 Å². The third-order valence-electron chi connectivity index (χ3n) is 3.79. The molecule has 23 heavy (non-hydrogen) atoms. The maximum atomic E-state index is 5.13. The van der Waals surface area contributed by atoms with Gasteiger partial charge in [0, 0.05) is 26.2 Å². The van der Waals surface area contributed by atoms with Crippen molar-refractivity contribution in [2.24, 2.45) is 0 Å². The Hall–Kier alpha value is -3.04. The molecule has 10 heteroatoms. The molecule has 10 nitrogen and oxygen atoms in total. The molecule has 118 valence electrons. The summed E-state index contributed by atoms with van der Waals surface area (Å²) in [5.74, 6) is 2.21. The molecule has 0 bridgehead atoms. The van der Waals surface area contributed by atoms with Crippen molar-refractivity contribution in [3.63, 3.8) is 0 Å². The smallest absolute Gasteiger partial charge is 0.233 e. The minimum absolute atomic E-state index is 0.524. The molecule has 0 aliphatic carbocycles. The summed E-state index contributed by atoms with van der Waals surface area (Å²) in [5, 5.41) is 15.7. The number of rotatable bonds is 3. The van der Waals surface area contributed by atoms with Crippen LogP contribution in [0.1, 0.15) is 0 Å². The molecular weight excluding hydrogens is 298 g/mol. The van der Waals surface area contributed by atoms with E-state index in [1.807, 2.05) is 12.1 Å². The molecule has 0 amide bonds. The highest BCUT2D eigenvalue weighted by molar-refractivity contribution is 5.47. The second-order valence-corrected chi connectivity index (χ2v) is 5.11. The zero-order valence-corrected chi connectivity index (χ0v) is 12.6. The Morgan fingerprint density at radius 2 is 1.78 bits per heavy atom. The summed E-state index contributed by atoms with van der Waals surface area (Å²) in [6.45, 7) is 3.33. The molecule has 3 aromatic rings. The zero-order chi connectivity index (χ0) is 15.6. The molecule has 4 heterocycles. The second-order valence-electron chi connectivity index (χ2n) is 5.11. The van der Waals surface area contributed by atoms with E-state index in [4.69, 9.17) is 4.74 Å². The molecule has 1 fully saturated rings. The zero-order valence-electron chi connectivity index (χ0n) is 12.6. The van der Waals surface area contributed by atoms with E-state index in [9.17, 15) is 0 Å². The van der Waals surface area contributed by atoms with Crippen LogP contribution in [0.15, 0.2) is 24.5 Å². The lowest BCUT2D eigenvalue weighted by atomic mass is 10.3. The fourth-order valence-electron chi connectivity index (χ4n) is 2.56. The van der Waals surface area contributed by atoms with Gasteiger partial charge in [0.15, 0.2) is 17.3 Å². The minimum atomic E-state index is 0.524. The lowest BCUT2D eigenvalue weighted by Crippen LogP contribution is -2.47. The van der Waals surface area contributed by atoms with E-state index < -0.39 is 0 Å². The summed E-state index contributed by atoms with van der Waals surface area (Å²) in [5.41, 5.74) is 0.638. The number of hydrogen-bond donors (Lipinski definition) is 0. The quantitative estimate of drug-likeness (QED) is 0.642. The number of aromatic nitrogens is 7. The molecule has 4 rings (SSSR count). The van der Waals surface area contributed by atoms with Gasteiger partial charge in [-0.1, -0.05) is 0 Å². The van der Waals surface area contributed by atoms with Gasteiger partial charge in [-0.05, 0) is 22.6 Å². The molecular formula is C13H15N9O. The number of hydrogen-bond acceptors (Lipinski definition) is 9. The largest absolute Gasteiger partial charge is 0.480 e. The Morgan fingerprint density at radius 1 is 1.00 bits per heavy atom. The van der Waals surface area contributed by atoms with Gasteiger partial charge in [0.1, 0.15) is 0 Å². The van der Waals surface area contributed by atoms with Gasteiger partial charge in [0.05, 0.1) is 19.5 Å². The minimum Gasteiger partial charge on any atom is -0.480 e. The van der Waals surface area contributed by atoms with Crippen LogP contribution in [-0.2, 0) is 0 Å². The number of fused-ring (bicyclic) bond motifs is 1. The van der Waals surface area contributed by atoms with Crippen LogP contribution in [0.25, 0.3) is 5.65 Å². The molecule has 3 aromatic heterocycles. The standard InChI is InChI=1S/C13H15N9O/c1-23-13-9-14-8-12(15-13)21-6-4-20(5-7-21)11-3-2-10-16-18-19-22(10)17-11/h2-3,8-9H,4-7H2,1H3. The Bertz CT molecular complexity index is 812. The third kappa shape index (κ3) is 2.58. The van der Waals surface area contributed by atoms with Crippen molar-refractivity contribution in [1.82, 2.24) is 35.2 Å². The van der Waals surface area contributed by atoms with E-state index in [0.717, 1.165) is 37.8 Å². The van der Waals surface area contributed by atoms with Crippen LogP contribution in [0.3, 0.4) is 0 Å². The predicted molar refractivity (Wildman–Crippen MR) is 81.6 cm³/mol. The van der Waals surface area contributed by atoms with Crippen LogP contribution in [0, 0.1) is 0 Å². The van der Waals surface area contributed by atoms with E-state index in [2.05, 4.69) is 40.4 Å². The summed E-state index contributed by atoms with van der Waals surface area (Å²) >= 11 is 0. The maximum absolute atomic E-state index is 5.13. The molecule has 0 atom stereocenters. The first-order chi connectivity index (χ1) is 11.3. The van der Waals surface area contributed by atoms with E-state index in [1.165, 1.54) is 4.63 Å². The van der Waals surface area contributed by atoms with Gasteiger partial charge in [-0.3, -0.25) is 4.98 Å². The van der Waals surface area contributed by atoms with Gasteiger partial charge >= 0.3 is 0 Å². The van der Waals surface area contributed by atoms with Crippen molar-refractivity contribution in [3.05, 3.63) is 24.5 Å². The summed E-state index contributed by atoms with van der Waals surface area (Å²) < 4.78 is 6.57. The fourth-order valence-corrected chi connectivity index (χ4v) is 2.56. The Balaban J connectivity index is 1.47. The molecule has 0 N–H and O–H groups in total. The van der Waals surface area contributed by atoms with Crippen LogP contribution in [-0.4, -0.2) is 68.5 Å². The van der Waals surface area contributed by atoms with Crippen LogP contribution >= 0.6 is 0 Å². The number of nitrogens with zero attached hydrogens (tertiary/aromatic N) is 9. The second kappa shape index (κ2) is 5.63. The lowest BCUT2D eigenvalue weighted by Gasteiger charge is -2.35. The molecule has 0 saturated carbocycles. The third-order valence-corrected chi connectivity index (χ3v) is 3.79. The first kappa shape index (κ1) is 13.6. The summed E-state index contributed by atoms with van der Waals surface area (Å²) in [6, 6.07) is 3.80. The summed E-state index contributed by atoms with van der Waals surface area (Å²) in [7, 11) is 1.59. The average Bonchev–Trinajstić information content (AvgIpc) is 3.09. The molecule has 1 saturated heterocycles. The highest BCUT2D eigenvalue weighted by Gasteiger charge is 2.20. The Labute approximate surface area is 131 Å². The molecule has 0 aromatic carbocycles. The predicted octanol–water partition coefficient (Wildman–Crippen LogP) is -0.356. The van der Waals surface area contributed by atoms with Crippen molar-refractivity contribution >= 4 is 17.3 Å². The molecule has 1 aliphatic heterocycles. The van der Waals surface area contributed by atoms with Crippen molar-refractivity contribution in [2.45, 2.75) is 0 Å². The van der Waals surface area contributed by atoms with E-state index >= 15 is 0 Å².